The van der Waals surface area contributed by atoms with Gasteiger partial charge < -0.3 is 10.2 Å². The SMILES string of the molecule is O=C(C1CCCCS1(=O)=O)N1CCCC2(CCCNC2)C1. The van der Waals surface area contributed by atoms with E-state index in [2.05, 4.69) is 5.32 Å². The van der Waals surface area contributed by atoms with Crippen molar-refractivity contribution >= 4 is 15.7 Å². The second-order valence-corrected chi connectivity index (χ2v) is 9.30. The van der Waals surface area contributed by atoms with Crippen molar-refractivity contribution in [3.05, 3.63) is 0 Å². The minimum absolute atomic E-state index is 0.126. The summed E-state index contributed by atoms with van der Waals surface area (Å²) in [6.07, 6.45) is 6.55. The van der Waals surface area contributed by atoms with Gasteiger partial charge in [-0.2, -0.15) is 0 Å². The van der Waals surface area contributed by atoms with Gasteiger partial charge in [0.15, 0.2) is 9.84 Å². The smallest absolute Gasteiger partial charge is 0.240 e. The average Bonchev–Trinajstić information content (AvgIpc) is 2.47. The number of hydrogen-bond acceptors (Lipinski definition) is 4. The number of hydrogen-bond donors (Lipinski definition) is 1. The Kier molecular flexibility index (Phi) is 4.28. The van der Waals surface area contributed by atoms with E-state index in [0.717, 1.165) is 58.3 Å². The quantitative estimate of drug-likeness (QED) is 0.782. The highest BCUT2D eigenvalue weighted by molar-refractivity contribution is 7.92. The zero-order chi connectivity index (χ0) is 14.9. The predicted octanol–water partition coefficient (Wildman–Crippen LogP) is 0.946. The van der Waals surface area contributed by atoms with Crippen molar-refractivity contribution in [3.63, 3.8) is 0 Å². The lowest BCUT2D eigenvalue weighted by Gasteiger charge is -2.46. The van der Waals surface area contributed by atoms with Gasteiger partial charge in [0.05, 0.1) is 5.75 Å². The van der Waals surface area contributed by atoms with Crippen molar-refractivity contribution in [3.8, 4) is 0 Å². The van der Waals surface area contributed by atoms with Gasteiger partial charge >= 0.3 is 0 Å². The van der Waals surface area contributed by atoms with Crippen molar-refractivity contribution in [2.45, 2.75) is 50.2 Å². The molecule has 0 bridgehead atoms. The van der Waals surface area contributed by atoms with E-state index in [-0.39, 0.29) is 17.1 Å². The van der Waals surface area contributed by atoms with Gasteiger partial charge in [0.1, 0.15) is 5.25 Å². The van der Waals surface area contributed by atoms with Gasteiger partial charge in [-0.3, -0.25) is 4.79 Å². The molecule has 0 saturated carbocycles. The van der Waals surface area contributed by atoms with Gasteiger partial charge in [-0.1, -0.05) is 6.42 Å². The van der Waals surface area contributed by atoms with Crippen LogP contribution in [-0.4, -0.2) is 56.4 Å². The Hall–Kier alpha value is -0.620. The lowest BCUT2D eigenvalue weighted by atomic mass is 9.74. The number of sulfone groups is 1. The molecule has 6 heteroatoms. The lowest BCUT2D eigenvalue weighted by molar-refractivity contribution is -0.134. The number of piperidine rings is 2. The van der Waals surface area contributed by atoms with E-state index in [1.54, 1.807) is 0 Å². The largest absolute Gasteiger partial charge is 0.341 e. The van der Waals surface area contributed by atoms with Crippen molar-refractivity contribution in [2.75, 3.05) is 31.9 Å². The zero-order valence-corrected chi connectivity index (χ0v) is 13.5. The maximum atomic E-state index is 12.7. The first-order chi connectivity index (χ1) is 10.0. The van der Waals surface area contributed by atoms with Crippen LogP contribution in [0.15, 0.2) is 0 Å². The van der Waals surface area contributed by atoms with Crippen LogP contribution in [0.25, 0.3) is 0 Å². The first kappa shape index (κ1) is 15.3. The number of carbonyl (C=O) groups excluding carboxylic acids is 1. The van der Waals surface area contributed by atoms with Crippen molar-refractivity contribution in [2.24, 2.45) is 5.41 Å². The van der Waals surface area contributed by atoms with Crippen LogP contribution in [0.1, 0.15) is 44.9 Å². The van der Waals surface area contributed by atoms with Crippen LogP contribution in [0.3, 0.4) is 0 Å². The summed E-state index contributed by atoms with van der Waals surface area (Å²) in [5.41, 5.74) is 0.185. The van der Waals surface area contributed by atoms with E-state index >= 15 is 0 Å². The highest BCUT2D eigenvalue weighted by atomic mass is 32.2. The molecule has 3 heterocycles. The van der Waals surface area contributed by atoms with E-state index < -0.39 is 15.1 Å². The summed E-state index contributed by atoms with van der Waals surface area (Å²) in [6, 6.07) is 0. The van der Waals surface area contributed by atoms with E-state index in [1.165, 1.54) is 0 Å². The van der Waals surface area contributed by atoms with Crippen LogP contribution in [0.2, 0.25) is 0 Å². The Bertz CT molecular complexity index is 492. The first-order valence-electron chi connectivity index (χ1n) is 8.24. The lowest BCUT2D eigenvalue weighted by Crippen LogP contribution is -2.55. The Balaban J connectivity index is 1.72. The Labute approximate surface area is 127 Å². The van der Waals surface area contributed by atoms with Gasteiger partial charge in [0.25, 0.3) is 0 Å². The predicted molar refractivity (Wildman–Crippen MR) is 81.8 cm³/mol. The molecular formula is C15H26N2O3S. The summed E-state index contributed by atoms with van der Waals surface area (Å²) >= 11 is 0. The van der Waals surface area contributed by atoms with Crippen LogP contribution in [0.4, 0.5) is 0 Å². The van der Waals surface area contributed by atoms with Gasteiger partial charge in [0, 0.05) is 25.0 Å². The van der Waals surface area contributed by atoms with Gasteiger partial charge in [0.2, 0.25) is 5.91 Å². The van der Waals surface area contributed by atoms with Crippen LogP contribution in [-0.2, 0) is 14.6 Å². The molecule has 2 atom stereocenters. The minimum Gasteiger partial charge on any atom is -0.341 e. The Morgan fingerprint density at radius 2 is 1.95 bits per heavy atom. The molecule has 0 aromatic carbocycles. The van der Waals surface area contributed by atoms with Crippen LogP contribution in [0.5, 0.6) is 0 Å². The number of amides is 1. The number of rotatable bonds is 1. The Morgan fingerprint density at radius 3 is 2.67 bits per heavy atom. The number of carbonyl (C=O) groups is 1. The van der Waals surface area contributed by atoms with E-state index in [4.69, 9.17) is 0 Å². The molecule has 120 valence electrons. The molecular weight excluding hydrogens is 288 g/mol. The van der Waals surface area contributed by atoms with Gasteiger partial charge in [-0.15, -0.1) is 0 Å². The molecule has 1 amide bonds. The maximum absolute atomic E-state index is 12.7. The molecule has 3 aliphatic rings. The monoisotopic (exact) mass is 314 g/mol. The third-order valence-corrected chi connectivity index (χ3v) is 7.55. The molecule has 3 fully saturated rings. The van der Waals surface area contributed by atoms with E-state index in [0.29, 0.717) is 12.8 Å². The molecule has 0 radical (unpaired) electrons. The van der Waals surface area contributed by atoms with Gasteiger partial charge in [-0.05, 0) is 45.1 Å². The standard InChI is InChI=1S/C15H26N2O3S/c18-14(13-5-1-2-10-21(13,19)20)17-9-4-7-15(12-17)6-3-8-16-11-15/h13,16H,1-12H2. The fourth-order valence-corrected chi connectivity index (χ4v) is 6.08. The summed E-state index contributed by atoms with van der Waals surface area (Å²) < 4.78 is 24.3. The molecule has 0 aromatic rings. The summed E-state index contributed by atoms with van der Waals surface area (Å²) in [5.74, 6) is 0.0589. The normalized spacial score (nSPS) is 36.6. The molecule has 0 aromatic heterocycles. The van der Waals surface area contributed by atoms with Crippen LogP contribution < -0.4 is 5.32 Å². The summed E-state index contributed by atoms with van der Waals surface area (Å²) in [5, 5.41) is 2.68. The second kappa shape index (κ2) is 5.88. The third-order valence-electron chi connectivity index (χ3n) is 5.39. The summed E-state index contributed by atoms with van der Waals surface area (Å²) in [6.45, 7) is 3.50. The van der Waals surface area contributed by atoms with E-state index in [9.17, 15) is 13.2 Å². The zero-order valence-electron chi connectivity index (χ0n) is 12.6. The molecule has 3 saturated heterocycles. The molecule has 3 rings (SSSR count). The third kappa shape index (κ3) is 3.11. The summed E-state index contributed by atoms with van der Waals surface area (Å²) in [7, 11) is -3.22. The fraction of sp³-hybridized carbons (Fsp3) is 0.933. The first-order valence-corrected chi connectivity index (χ1v) is 9.95. The molecule has 2 unspecified atom stereocenters. The van der Waals surface area contributed by atoms with Crippen molar-refractivity contribution < 1.29 is 13.2 Å². The Morgan fingerprint density at radius 1 is 1.14 bits per heavy atom. The number of nitrogens with zero attached hydrogens (tertiary/aromatic N) is 1. The van der Waals surface area contributed by atoms with Crippen LogP contribution in [0, 0.1) is 5.41 Å². The van der Waals surface area contributed by atoms with Crippen LogP contribution >= 0.6 is 0 Å². The fourth-order valence-electron chi connectivity index (χ4n) is 4.21. The molecule has 1 spiro atoms. The molecule has 5 nitrogen and oxygen atoms in total. The highest BCUT2D eigenvalue weighted by Crippen LogP contribution is 2.36. The van der Waals surface area contributed by atoms with E-state index in [1.807, 2.05) is 4.90 Å². The van der Waals surface area contributed by atoms with Crippen molar-refractivity contribution in [1.29, 1.82) is 0 Å². The number of nitrogens with one attached hydrogen (secondary N) is 1. The second-order valence-electron chi connectivity index (χ2n) is 7.00. The van der Waals surface area contributed by atoms with Crippen molar-refractivity contribution in [1.82, 2.24) is 10.2 Å². The highest BCUT2D eigenvalue weighted by Gasteiger charge is 2.42. The molecule has 1 N–H and O–H groups in total. The minimum atomic E-state index is -3.22. The molecule has 3 aliphatic heterocycles. The topological polar surface area (TPSA) is 66.5 Å². The molecule has 0 aliphatic carbocycles. The van der Waals surface area contributed by atoms with Gasteiger partial charge in [-0.25, -0.2) is 8.42 Å². The average molecular weight is 314 g/mol. The maximum Gasteiger partial charge on any atom is 0.240 e. The molecule has 21 heavy (non-hydrogen) atoms. The summed E-state index contributed by atoms with van der Waals surface area (Å²) in [4.78, 5) is 14.6. The number of likely N-dealkylation sites (tertiary alicyclic amines) is 1.